The van der Waals surface area contributed by atoms with Gasteiger partial charge in [0.2, 0.25) is 0 Å². The maximum Gasteiger partial charge on any atom is 0.157 e. The third kappa shape index (κ3) is 3.03. The van der Waals surface area contributed by atoms with E-state index in [0.717, 1.165) is 27.9 Å². The van der Waals surface area contributed by atoms with E-state index in [1.54, 1.807) is 16.8 Å². The Morgan fingerprint density at radius 3 is 2.80 bits per heavy atom. The Morgan fingerprint density at radius 1 is 1.28 bits per heavy atom. The van der Waals surface area contributed by atoms with E-state index in [2.05, 4.69) is 21.0 Å². The molecule has 4 rings (SSSR count). The molecule has 0 radical (unpaired) electrons. The third-order valence-electron chi connectivity index (χ3n) is 4.94. The summed E-state index contributed by atoms with van der Waals surface area (Å²) < 4.78 is 15.0. The van der Waals surface area contributed by atoms with Crippen LogP contribution in [0.5, 0.6) is 0 Å². The minimum atomic E-state index is -0.369. The Labute approximate surface area is 145 Å². The van der Waals surface area contributed by atoms with Crippen molar-refractivity contribution in [2.45, 2.75) is 32.0 Å². The number of β-amino-alcohol motifs (C(OH)–C–C–N with tert-alkyl or cyclic N) is 1. The van der Waals surface area contributed by atoms with E-state index in [-0.39, 0.29) is 18.0 Å². The van der Waals surface area contributed by atoms with E-state index in [1.165, 1.54) is 12.1 Å². The normalized spacial score (nSPS) is 21.3. The van der Waals surface area contributed by atoms with Crippen LogP contribution in [0.15, 0.2) is 36.5 Å². The number of aryl methyl sites for hydroxylation is 2. The quantitative estimate of drug-likeness (QED) is 0.796. The number of aliphatic hydroxyl groups is 1. The van der Waals surface area contributed by atoms with Crippen LogP contribution in [0.1, 0.15) is 29.3 Å². The number of hydrogen-bond acceptors (Lipinski definition) is 4. The molecule has 1 aliphatic rings. The highest BCUT2D eigenvalue weighted by atomic mass is 19.1. The molecule has 3 heterocycles. The van der Waals surface area contributed by atoms with Crippen LogP contribution in [0.3, 0.4) is 0 Å². The number of pyridine rings is 1. The SMILES string of the molecule is Cc1nn(C)c2ncc(CN3C[C@H](O)C[C@@H]3c3ccc(F)cc3)cc12. The fourth-order valence-electron chi connectivity index (χ4n) is 3.76. The summed E-state index contributed by atoms with van der Waals surface area (Å²) in [5.74, 6) is -0.240. The van der Waals surface area contributed by atoms with Crippen molar-refractivity contribution in [2.24, 2.45) is 7.05 Å². The van der Waals surface area contributed by atoms with Gasteiger partial charge in [0.25, 0.3) is 0 Å². The number of nitrogens with zero attached hydrogens (tertiary/aromatic N) is 4. The molecule has 3 aromatic rings. The standard InChI is InChI=1S/C19H21FN4O/c1-12-17-7-13(9-21-19(17)23(2)22-12)10-24-11-16(25)8-18(24)14-3-5-15(20)6-4-14/h3-7,9,16,18,25H,8,10-11H2,1-2H3/t16-,18-/m1/s1. The summed E-state index contributed by atoms with van der Waals surface area (Å²) in [6, 6.07) is 8.77. The molecule has 0 aliphatic carbocycles. The molecular weight excluding hydrogens is 319 g/mol. The van der Waals surface area contributed by atoms with Gasteiger partial charge in [-0.05, 0) is 42.7 Å². The van der Waals surface area contributed by atoms with E-state index in [1.807, 2.05) is 20.2 Å². The second kappa shape index (κ2) is 6.20. The minimum absolute atomic E-state index is 0.0845. The second-order valence-electron chi connectivity index (χ2n) is 6.81. The van der Waals surface area contributed by atoms with E-state index in [0.29, 0.717) is 19.5 Å². The number of benzene rings is 1. The molecule has 0 amide bonds. The van der Waals surface area contributed by atoms with Gasteiger partial charge in [-0.2, -0.15) is 5.10 Å². The highest BCUT2D eigenvalue weighted by Crippen LogP contribution is 2.33. The molecule has 130 valence electrons. The number of likely N-dealkylation sites (tertiary alicyclic amines) is 1. The molecule has 2 aromatic heterocycles. The lowest BCUT2D eigenvalue weighted by atomic mass is 10.0. The molecule has 0 bridgehead atoms. The fraction of sp³-hybridized carbons (Fsp3) is 0.368. The summed E-state index contributed by atoms with van der Waals surface area (Å²) in [5.41, 5.74) is 3.95. The zero-order valence-electron chi connectivity index (χ0n) is 14.4. The number of hydrogen-bond donors (Lipinski definition) is 1. The minimum Gasteiger partial charge on any atom is -0.392 e. The van der Waals surface area contributed by atoms with Crippen LogP contribution in [0.4, 0.5) is 4.39 Å². The molecule has 6 heteroatoms. The lowest BCUT2D eigenvalue weighted by Gasteiger charge is -2.24. The fourth-order valence-corrected chi connectivity index (χ4v) is 3.76. The average Bonchev–Trinajstić information content (AvgIpc) is 3.08. The lowest BCUT2D eigenvalue weighted by molar-refractivity contribution is 0.172. The number of rotatable bonds is 3. The molecule has 1 N–H and O–H groups in total. The molecule has 0 unspecified atom stereocenters. The number of aromatic nitrogens is 3. The van der Waals surface area contributed by atoms with Crippen LogP contribution in [0.2, 0.25) is 0 Å². The molecule has 1 aliphatic heterocycles. The Balaban J connectivity index is 1.62. The molecule has 0 spiro atoms. The smallest absolute Gasteiger partial charge is 0.157 e. The van der Waals surface area contributed by atoms with Crippen molar-refractivity contribution in [3.63, 3.8) is 0 Å². The van der Waals surface area contributed by atoms with Crippen LogP contribution in [0, 0.1) is 12.7 Å². The maximum absolute atomic E-state index is 13.2. The molecule has 5 nitrogen and oxygen atoms in total. The predicted octanol–water partition coefficient (Wildman–Crippen LogP) is 2.72. The van der Waals surface area contributed by atoms with Crippen molar-refractivity contribution in [1.29, 1.82) is 0 Å². The number of halogens is 1. The average molecular weight is 340 g/mol. The van der Waals surface area contributed by atoms with Gasteiger partial charge in [-0.1, -0.05) is 12.1 Å². The summed E-state index contributed by atoms with van der Waals surface area (Å²) in [4.78, 5) is 6.76. The highest BCUT2D eigenvalue weighted by molar-refractivity contribution is 5.78. The van der Waals surface area contributed by atoms with Crippen LogP contribution >= 0.6 is 0 Å². The number of aliphatic hydroxyl groups excluding tert-OH is 1. The van der Waals surface area contributed by atoms with E-state index in [9.17, 15) is 9.50 Å². The molecule has 0 saturated carbocycles. The van der Waals surface area contributed by atoms with Crippen LogP contribution in [0.25, 0.3) is 11.0 Å². The Morgan fingerprint density at radius 2 is 2.04 bits per heavy atom. The molecule has 1 aromatic carbocycles. The number of fused-ring (bicyclic) bond motifs is 1. The van der Waals surface area contributed by atoms with Gasteiger partial charge in [-0.3, -0.25) is 9.58 Å². The Kier molecular flexibility index (Phi) is 4.01. The van der Waals surface area contributed by atoms with E-state index in [4.69, 9.17) is 0 Å². The first-order valence-corrected chi connectivity index (χ1v) is 8.47. The van der Waals surface area contributed by atoms with Crippen molar-refractivity contribution in [3.8, 4) is 0 Å². The Bertz CT molecular complexity index is 906. The largest absolute Gasteiger partial charge is 0.392 e. The van der Waals surface area contributed by atoms with Gasteiger partial charge in [-0.25, -0.2) is 9.37 Å². The van der Waals surface area contributed by atoms with Crippen molar-refractivity contribution >= 4 is 11.0 Å². The van der Waals surface area contributed by atoms with Crippen LogP contribution < -0.4 is 0 Å². The van der Waals surface area contributed by atoms with Crippen LogP contribution in [-0.4, -0.2) is 37.4 Å². The molecular formula is C19H21FN4O. The summed E-state index contributed by atoms with van der Waals surface area (Å²) >= 11 is 0. The summed E-state index contributed by atoms with van der Waals surface area (Å²) in [5, 5.41) is 15.6. The first kappa shape index (κ1) is 16.2. The van der Waals surface area contributed by atoms with Gasteiger partial charge >= 0.3 is 0 Å². The summed E-state index contributed by atoms with van der Waals surface area (Å²) in [7, 11) is 1.89. The molecule has 2 atom stereocenters. The molecule has 25 heavy (non-hydrogen) atoms. The predicted molar refractivity (Wildman–Crippen MR) is 93.4 cm³/mol. The van der Waals surface area contributed by atoms with Crippen molar-refractivity contribution in [3.05, 3.63) is 59.2 Å². The molecule has 1 fully saturated rings. The first-order chi connectivity index (χ1) is 12.0. The van der Waals surface area contributed by atoms with Gasteiger partial charge in [-0.15, -0.1) is 0 Å². The summed E-state index contributed by atoms with van der Waals surface area (Å²) in [6.45, 7) is 3.28. The topological polar surface area (TPSA) is 54.2 Å². The van der Waals surface area contributed by atoms with Crippen molar-refractivity contribution in [1.82, 2.24) is 19.7 Å². The van der Waals surface area contributed by atoms with Gasteiger partial charge < -0.3 is 5.11 Å². The van der Waals surface area contributed by atoms with Gasteiger partial charge in [0.05, 0.1) is 11.8 Å². The van der Waals surface area contributed by atoms with Crippen molar-refractivity contribution < 1.29 is 9.50 Å². The van der Waals surface area contributed by atoms with Crippen molar-refractivity contribution in [2.75, 3.05) is 6.54 Å². The maximum atomic E-state index is 13.2. The van der Waals surface area contributed by atoms with Gasteiger partial charge in [0.1, 0.15) is 5.82 Å². The van der Waals surface area contributed by atoms with Crippen LogP contribution in [-0.2, 0) is 13.6 Å². The lowest BCUT2D eigenvalue weighted by Crippen LogP contribution is -2.24. The second-order valence-corrected chi connectivity index (χ2v) is 6.81. The monoisotopic (exact) mass is 340 g/mol. The third-order valence-corrected chi connectivity index (χ3v) is 4.94. The highest BCUT2D eigenvalue weighted by Gasteiger charge is 2.32. The van der Waals surface area contributed by atoms with Gasteiger partial charge in [0, 0.05) is 37.8 Å². The van der Waals surface area contributed by atoms with E-state index >= 15 is 0 Å². The Hall–Kier alpha value is -2.31. The summed E-state index contributed by atoms with van der Waals surface area (Å²) in [6.07, 6.45) is 2.16. The molecule has 1 saturated heterocycles. The zero-order chi connectivity index (χ0) is 17.6. The van der Waals surface area contributed by atoms with Gasteiger partial charge in [0.15, 0.2) is 5.65 Å². The van der Waals surface area contributed by atoms with E-state index < -0.39 is 0 Å². The first-order valence-electron chi connectivity index (χ1n) is 8.47. The zero-order valence-corrected chi connectivity index (χ0v) is 14.4.